The first-order valence-corrected chi connectivity index (χ1v) is 10.9. The molecule has 4 rings (SSSR count). The molecule has 1 saturated heterocycles. The molecule has 1 N–H and O–H groups in total. The van der Waals surface area contributed by atoms with Gasteiger partial charge in [-0.1, -0.05) is 18.2 Å². The zero-order valence-corrected chi connectivity index (χ0v) is 20.8. The lowest BCUT2D eigenvalue weighted by Crippen LogP contribution is -2.50. The van der Waals surface area contributed by atoms with Crippen molar-refractivity contribution in [3.05, 3.63) is 65.9 Å². The molecule has 0 radical (unpaired) electrons. The number of pyridine rings is 1. The molecule has 32 heavy (non-hydrogen) atoms. The Morgan fingerprint density at radius 3 is 2.78 bits per heavy atom. The first-order chi connectivity index (χ1) is 15.1. The van der Waals surface area contributed by atoms with E-state index in [9.17, 15) is 4.39 Å². The van der Waals surface area contributed by atoms with Crippen LogP contribution in [0.3, 0.4) is 0 Å². The quantitative estimate of drug-likeness (QED) is 0.218. The number of nitrogens with zero attached hydrogens (tertiary/aromatic N) is 5. The van der Waals surface area contributed by atoms with Crippen LogP contribution in [0, 0.1) is 5.82 Å². The Labute approximate surface area is 205 Å². The van der Waals surface area contributed by atoms with Gasteiger partial charge in [0.05, 0.1) is 12.6 Å². The molecule has 0 spiro atoms. The maximum atomic E-state index is 13.3. The number of hydrogen-bond acceptors (Lipinski definition) is 4. The fraction of sp³-hybridized carbons (Fsp3) is 0.435. The molecule has 1 aromatic carbocycles. The summed E-state index contributed by atoms with van der Waals surface area (Å²) in [7, 11) is 0. The van der Waals surface area contributed by atoms with Gasteiger partial charge in [-0.15, -0.1) is 34.2 Å². The van der Waals surface area contributed by atoms with Crippen molar-refractivity contribution in [2.45, 2.75) is 38.9 Å². The highest BCUT2D eigenvalue weighted by molar-refractivity contribution is 14.0. The Hall–Kier alpha value is -2.27. The number of morpholine rings is 1. The van der Waals surface area contributed by atoms with Crippen LogP contribution in [-0.2, 0) is 11.2 Å². The van der Waals surface area contributed by atoms with E-state index in [0.29, 0.717) is 13.1 Å². The number of hydrogen-bond donors (Lipinski definition) is 1. The fourth-order valence-corrected chi connectivity index (χ4v) is 3.90. The number of nitrogens with one attached hydrogen (secondary N) is 1. The van der Waals surface area contributed by atoms with Gasteiger partial charge < -0.3 is 15.0 Å². The second kappa shape index (κ2) is 11.6. The van der Waals surface area contributed by atoms with Gasteiger partial charge in [0.25, 0.3) is 0 Å². The van der Waals surface area contributed by atoms with Gasteiger partial charge in [-0.2, -0.15) is 0 Å². The smallest absolute Gasteiger partial charge is 0.194 e. The van der Waals surface area contributed by atoms with Crippen molar-refractivity contribution >= 4 is 35.6 Å². The van der Waals surface area contributed by atoms with Crippen LogP contribution in [-0.4, -0.2) is 57.7 Å². The standard InChI is InChI=1S/C23H29FN6O.HI/c1-3-25-23(26-13-6-8-22-28-27-21-7-4-5-14-30(21)22)29-15-17(2)31-20(16-29)18-9-11-19(24)12-10-18;/h4-5,7,9-12,14,17,20H,3,6,8,13,15-16H2,1-2H3,(H,25,26);1H. The highest BCUT2D eigenvalue weighted by Crippen LogP contribution is 2.25. The zero-order chi connectivity index (χ0) is 21.6. The average molecular weight is 552 g/mol. The van der Waals surface area contributed by atoms with Crippen molar-refractivity contribution in [3.63, 3.8) is 0 Å². The molecule has 1 aliphatic rings. The summed E-state index contributed by atoms with van der Waals surface area (Å²) in [4.78, 5) is 7.09. The van der Waals surface area contributed by atoms with Crippen LogP contribution in [0.25, 0.3) is 5.65 Å². The molecule has 0 aliphatic carbocycles. The van der Waals surface area contributed by atoms with E-state index >= 15 is 0 Å². The molecular formula is C23H30FIN6O. The highest BCUT2D eigenvalue weighted by Gasteiger charge is 2.28. The molecule has 1 fully saturated rings. The molecule has 3 heterocycles. The van der Waals surface area contributed by atoms with Gasteiger partial charge in [0, 0.05) is 32.3 Å². The lowest BCUT2D eigenvalue weighted by molar-refractivity contribution is -0.0605. The van der Waals surface area contributed by atoms with Gasteiger partial charge >= 0.3 is 0 Å². The number of benzene rings is 1. The lowest BCUT2D eigenvalue weighted by Gasteiger charge is -2.38. The van der Waals surface area contributed by atoms with E-state index in [0.717, 1.165) is 48.9 Å². The van der Waals surface area contributed by atoms with E-state index in [1.165, 1.54) is 12.1 Å². The van der Waals surface area contributed by atoms with Crippen LogP contribution in [0.4, 0.5) is 4.39 Å². The Balaban J connectivity index is 0.00000289. The zero-order valence-electron chi connectivity index (χ0n) is 18.4. The minimum atomic E-state index is -0.236. The van der Waals surface area contributed by atoms with Crippen LogP contribution in [0.2, 0.25) is 0 Å². The maximum absolute atomic E-state index is 13.3. The van der Waals surface area contributed by atoms with Gasteiger partial charge in [0.2, 0.25) is 0 Å². The molecule has 172 valence electrons. The summed E-state index contributed by atoms with van der Waals surface area (Å²) in [5.41, 5.74) is 1.84. The summed E-state index contributed by atoms with van der Waals surface area (Å²) in [5.74, 6) is 1.60. The summed E-state index contributed by atoms with van der Waals surface area (Å²) < 4.78 is 21.4. The van der Waals surface area contributed by atoms with E-state index in [1.54, 1.807) is 12.1 Å². The number of guanidine groups is 1. The van der Waals surface area contributed by atoms with Crippen molar-refractivity contribution in [2.24, 2.45) is 4.99 Å². The van der Waals surface area contributed by atoms with Crippen LogP contribution in [0.5, 0.6) is 0 Å². The first-order valence-electron chi connectivity index (χ1n) is 10.9. The van der Waals surface area contributed by atoms with Crippen LogP contribution >= 0.6 is 24.0 Å². The molecular weight excluding hydrogens is 522 g/mol. The third kappa shape index (κ3) is 5.94. The number of rotatable bonds is 6. The second-order valence-corrected chi connectivity index (χ2v) is 7.78. The summed E-state index contributed by atoms with van der Waals surface area (Å²) in [6.07, 6.45) is 3.62. The second-order valence-electron chi connectivity index (χ2n) is 7.78. The molecule has 0 amide bonds. The van der Waals surface area contributed by atoms with Gasteiger partial charge in [-0.3, -0.25) is 9.39 Å². The number of ether oxygens (including phenoxy) is 1. The van der Waals surface area contributed by atoms with Gasteiger partial charge in [-0.25, -0.2) is 4.39 Å². The monoisotopic (exact) mass is 552 g/mol. The van der Waals surface area contributed by atoms with Gasteiger partial charge in [0.15, 0.2) is 11.6 Å². The van der Waals surface area contributed by atoms with Crippen LogP contribution < -0.4 is 5.32 Å². The first kappa shape index (κ1) is 24.4. The minimum absolute atomic E-state index is 0. The number of fused-ring (bicyclic) bond motifs is 1. The molecule has 9 heteroatoms. The van der Waals surface area contributed by atoms with Crippen molar-refractivity contribution in [1.82, 2.24) is 24.8 Å². The van der Waals surface area contributed by atoms with E-state index in [2.05, 4.69) is 34.3 Å². The lowest BCUT2D eigenvalue weighted by atomic mass is 10.1. The predicted molar refractivity (Wildman–Crippen MR) is 134 cm³/mol. The highest BCUT2D eigenvalue weighted by atomic mass is 127. The minimum Gasteiger partial charge on any atom is -0.367 e. The Bertz CT molecular complexity index is 1020. The number of aromatic nitrogens is 3. The predicted octanol–water partition coefficient (Wildman–Crippen LogP) is 3.85. The van der Waals surface area contributed by atoms with E-state index in [4.69, 9.17) is 9.73 Å². The van der Waals surface area contributed by atoms with Crippen LogP contribution in [0.1, 0.15) is 37.8 Å². The normalized spacial score (nSPS) is 19.1. The molecule has 7 nitrogen and oxygen atoms in total. The number of aryl methyl sites for hydroxylation is 1. The molecule has 0 bridgehead atoms. The fourth-order valence-electron chi connectivity index (χ4n) is 3.90. The Kier molecular flexibility index (Phi) is 8.80. The molecule has 3 aromatic rings. The Morgan fingerprint density at radius 1 is 1.19 bits per heavy atom. The Morgan fingerprint density at radius 2 is 2.00 bits per heavy atom. The SMILES string of the molecule is CCNC(=NCCCc1nnc2ccccn12)N1CC(C)OC(c2ccc(F)cc2)C1.I. The van der Waals surface area contributed by atoms with Crippen LogP contribution in [0.15, 0.2) is 53.7 Å². The third-order valence-corrected chi connectivity index (χ3v) is 5.34. The number of aliphatic imine (C=N–C) groups is 1. The third-order valence-electron chi connectivity index (χ3n) is 5.34. The van der Waals surface area contributed by atoms with Gasteiger partial charge in [0.1, 0.15) is 17.7 Å². The van der Waals surface area contributed by atoms with E-state index in [1.807, 2.05) is 28.8 Å². The van der Waals surface area contributed by atoms with Crippen molar-refractivity contribution in [2.75, 3.05) is 26.2 Å². The van der Waals surface area contributed by atoms with E-state index < -0.39 is 0 Å². The number of halogens is 2. The summed E-state index contributed by atoms with van der Waals surface area (Å²) in [5, 5.41) is 11.9. The topological polar surface area (TPSA) is 67.0 Å². The largest absolute Gasteiger partial charge is 0.367 e. The average Bonchev–Trinajstić information content (AvgIpc) is 3.19. The summed E-state index contributed by atoms with van der Waals surface area (Å²) in [6.45, 7) is 7.05. The van der Waals surface area contributed by atoms with Crippen molar-refractivity contribution in [1.29, 1.82) is 0 Å². The van der Waals surface area contributed by atoms with Crippen molar-refractivity contribution in [3.8, 4) is 0 Å². The maximum Gasteiger partial charge on any atom is 0.194 e. The van der Waals surface area contributed by atoms with Gasteiger partial charge in [-0.05, 0) is 50.1 Å². The summed E-state index contributed by atoms with van der Waals surface area (Å²) >= 11 is 0. The van der Waals surface area contributed by atoms with Crippen molar-refractivity contribution < 1.29 is 9.13 Å². The van der Waals surface area contributed by atoms with E-state index in [-0.39, 0.29) is 42.0 Å². The molecule has 2 aromatic heterocycles. The summed E-state index contributed by atoms with van der Waals surface area (Å²) in [6, 6.07) is 12.5. The molecule has 2 unspecified atom stereocenters. The molecule has 2 atom stereocenters. The molecule has 0 saturated carbocycles. The molecule has 1 aliphatic heterocycles.